The summed E-state index contributed by atoms with van der Waals surface area (Å²) < 4.78 is 0. The van der Waals surface area contributed by atoms with Crippen LogP contribution in [0.15, 0.2) is 53.6 Å². The number of aromatic nitrogens is 2. The molecule has 0 amide bonds. The highest BCUT2D eigenvalue weighted by molar-refractivity contribution is 6.32. The van der Waals surface area contributed by atoms with Gasteiger partial charge in [0.1, 0.15) is 0 Å². The molecule has 114 valence electrons. The number of nitrogens with zero attached hydrogens (tertiary/aromatic N) is 4. The second kappa shape index (κ2) is 6.37. The highest BCUT2D eigenvalue weighted by Crippen LogP contribution is 2.21. The Bertz CT molecular complexity index is 913. The normalized spacial score (nSPS) is 11.0. The van der Waals surface area contributed by atoms with Crippen LogP contribution in [0.1, 0.15) is 5.56 Å². The molecule has 0 aliphatic carbocycles. The first kappa shape index (κ1) is 14.9. The third-order valence-electron chi connectivity index (χ3n) is 3.04. The van der Waals surface area contributed by atoms with E-state index in [-0.39, 0.29) is 16.7 Å². The van der Waals surface area contributed by atoms with Crippen LogP contribution in [-0.4, -0.2) is 21.1 Å². The molecule has 3 rings (SSSR count). The van der Waals surface area contributed by atoms with Crippen LogP contribution in [0.2, 0.25) is 5.15 Å². The quantitative estimate of drug-likeness (QED) is 0.448. The predicted molar refractivity (Wildman–Crippen MR) is 88.9 cm³/mol. The molecule has 0 bridgehead atoms. The molecular formula is C15H10ClN5O2. The van der Waals surface area contributed by atoms with Gasteiger partial charge in [0.25, 0.3) is 5.69 Å². The third-order valence-corrected chi connectivity index (χ3v) is 3.30. The molecule has 0 radical (unpaired) electrons. The maximum Gasteiger partial charge on any atom is 0.278 e. The Labute approximate surface area is 135 Å². The molecule has 0 fully saturated rings. The summed E-state index contributed by atoms with van der Waals surface area (Å²) in [6, 6.07) is 13.6. The van der Waals surface area contributed by atoms with Crippen LogP contribution in [0.5, 0.6) is 0 Å². The monoisotopic (exact) mass is 327 g/mol. The summed E-state index contributed by atoms with van der Waals surface area (Å²) in [5.41, 5.74) is 4.34. The van der Waals surface area contributed by atoms with Gasteiger partial charge in [0, 0.05) is 6.07 Å². The van der Waals surface area contributed by atoms with Gasteiger partial charge in [0.15, 0.2) is 11.0 Å². The van der Waals surface area contributed by atoms with Gasteiger partial charge in [-0.25, -0.2) is 9.97 Å². The molecule has 0 aliphatic heterocycles. The van der Waals surface area contributed by atoms with Crippen LogP contribution in [0, 0.1) is 10.1 Å². The first-order valence-electron chi connectivity index (χ1n) is 6.60. The summed E-state index contributed by atoms with van der Waals surface area (Å²) in [7, 11) is 0. The minimum Gasteiger partial charge on any atom is -0.259 e. The van der Waals surface area contributed by atoms with E-state index in [9.17, 15) is 10.1 Å². The van der Waals surface area contributed by atoms with Gasteiger partial charge in [-0.2, -0.15) is 5.10 Å². The number of fused-ring (bicyclic) bond motifs is 1. The average molecular weight is 328 g/mol. The van der Waals surface area contributed by atoms with Crippen LogP contribution in [0.4, 0.5) is 11.5 Å². The number of nitrogens with one attached hydrogen (secondary N) is 1. The molecule has 1 heterocycles. The average Bonchev–Trinajstić information content (AvgIpc) is 2.55. The lowest BCUT2D eigenvalue weighted by molar-refractivity contribution is -0.385. The van der Waals surface area contributed by atoms with E-state index in [1.54, 1.807) is 30.3 Å². The van der Waals surface area contributed by atoms with Crippen LogP contribution in [-0.2, 0) is 0 Å². The molecule has 0 atom stereocenters. The van der Waals surface area contributed by atoms with Crippen LogP contribution < -0.4 is 5.43 Å². The van der Waals surface area contributed by atoms with Crippen molar-refractivity contribution in [3.8, 4) is 0 Å². The Morgan fingerprint density at radius 1 is 1.09 bits per heavy atom. The summed E-state index contributed by atoms with van der Waals surface area (Å²) in [5, 5.41) is 15.1. The van der Waals surface area contributed by atoms with Gasteiger partial charge in [0.05, 0.1) is 27.7 Å². The van der Waals surface area contributed by atoms with E-state index in [2.05, 4.69) is 20.5 Å². The van der Waals surface area contributed by atoms with E-state index >= 15 is 0 Å². The Morgan fingerprint density at radius 2 is 1.74 bits per heavy atom. The number of hydrogen-bond acceptors (Lipinski definition) is 6. The van der Waals surface area contributed by atoms with Crippen LogP contribution in [0.25, 0.3) is 11.0 Å². The lowest BCUT2D eigenvalue weighted by atomic mass is 10.2. The van der Waals surface area contributed by atoms with E-state index in [1.165, 1.54) is 12.3 Å². The zero-order valence-corrected chi connectivity index (χ0v) is 12.4. The van der Waals surface area contributed by atoms with Gasteiger partial charge in [-0.3, -0.25) is 15.5 Å². The fourth-order valence-corrected chi connectivity index (χ4v) is 2.15. The van der Waals surface area contributed by atoms with E-state index in [0.717, 1.165) is 0 Å². The summed E-state index contributed by atoms with van der Waals surface area (Å²) in [6.45, 7) is 0. The van der Waals surface area contributed by atoms with Gasteiger partial charge in [-0.1, -0.05) is 35.9 Å². The lowest BCUT2D eigenvalue weighted by Crippen LogP contribution is -1.99. The van der Waals surface area contributed by atoms with Gasteiger partial charge >= 0.3 is 0 Å². The number of anilines is 1. The van der Waals surface area contributed by atoms with Crippen molar-refractivity contribution in [3.63, 3.8) is 0 Å². The smallest absolute Gasteiger partial charge is 0.259 e. The van der Waals surface area contributed by atoms with Gasteiger partial charge in [-0.05, 0) is 18.2 Å². The van der Waals surface area contributed by atoms with Crippen molar-refractivity contribution >= 4 is 40.4 Å². The predicted octanol–water partition coefficient (Wildman–Crippen LogP) is 3.64. The number of hydrogen-bond donors (Lipinski definition) is 1. The first-order valence-corrected chi connectivity index (χ1v) is 6.98. The summed E-state index contributed by atoms with van der Waals surface area (Å²) >= 11 is 6.05. The van der Waals surface area contributed by atoms with E-state index in [1.807, 2.05) is 12.1 Å². The van der Waals surface area contributed by atoms with Gasteiger partial charge in [-0.15, -0.1) is 0 Å². The number of benzene rings is 2. The first-order chi connectivity index (χ1) is 11.1. The molecule has 8 heteroatoms. The Hall–Kier alpha value is -3.06. The standard InChI is InChI=1S/C15H10ClN5O2/c16-14-15(19-12-7-3-2-6-11(12)18-14)20-17-9-10-5-1-4-8-13(10)21(22)23/h1-9H,(H,19,20)/b17-9-. The molecule has 1 aromatic heterocycles. The second-order valence-corrected chi connectivity index (χ2v) is 4.90. The molecule has 0 saturated carbocycles. The molecule has 0 unspecified atom stereocenters. The molecule has 7 nitrogen and oxygen atoms in total. The van der Waals surface area contributed by atoms with Crippen molar-refractivity contribution in [3.05, 3.63) is 69.4 Å². The Kier molecular flexibility index (Phi) is 4.11. The Morgan fingerprint density at radius 3 is 2.48 bits per heavy atom. The SMILES string of the molecule is O=[N+]([O-])c1ccccc1/C=N\Nc1nc2ccccc2nc1Cl. The highest BCUT2D eigenvalue weighted by atomic mass is 35.5. The summed E-state index contributed by atoms with van der Waals surface area (Å²) in [5.74, 6) is 0.278. The molecule has 0 saturated heterocycles. The maximum absolute atomic E-state index is 10.9. The van der Waals surface area contributed by atoms with Crippen molar-refractivity contribution in [1.29, 1.82) is 0 Å². The number of para-hydroxylation sites is 3. The molecule has 1 N–H and O–H groups in total. The zero-order chi connectivity index (χ0) is 16.2. The number of nitro benzene ring substituents is 1. The molecule has 23 heavy (non-hydrogen) atoms. The third kappa shape index (κ3) is 3.24. The lowest BCUT2D eigenvalue weighted by Gasteiger charge is -2.04. The van der Waals surface area contributed by atoms with Crippen molar-refractivity contribution in [1.82, 2.24) is 9.97 Å². The zero-order valence-electron chi connectivity index (χ0n) is 11.7. The summed E-state index contributed by atoms with van der Waals surface area (Å²) in [6.07, 6.45) is 1.34. The number of rotatable bonds is 4. The maximum atomic E-state index is 10.9. The van der Waals surface area contributed by atoms with E-state index in [4.69, 9.17) is 11.6 Å². The second-order valence-electron chi connectivity index (χ2n) is 4.54. The van der Waals surface area contributed by atoms with Crippen molar-refractivity contribution in [2.24, 2.45) is 5.10 Å². The largest absolute Gasteiger partial charge is 0.278 e. The molecule has 0 spiro atoms. The van der Waals surface area contributed by atoms with Crippen LogP contribution in [0.3, 0.4) is 0 Å². The summed E-state index contributed by atoms with van der Waals surface area (Å²) in [4.78, 5) is 19.0. The minimum absolute atomic E-state index is 0.0336. The molecule has 3 aromatic rings. The fraction of sp³-hybridized carbons (Fsp3) is 0. The minimum atomic E-state index is -0.468. The van der Waals surface area contributed by atoms with Crippen LogP contribution >= 0.6 is 11.6 Å². The van der Waals surface area contributed by atoms with Crippen molar-refractivity contribution in [2.45, 2.75) is 0 Å². The van der Waals surface area contributed by atoms with Gasteiger partial charge < -0.3 is 0 Å². The topological polar surface area (TPSA) is 93.3 Å². The number of hydrazone groups is 1. The Balaban J connectivity index is 1.86. The number of nitro groups is 1. The van der Waals surface area contributed by atoms with E-state index < -0.39 is 4.92 Å². The van der Waals surface area contributed by atoms with E-state index in [0.29, 0.717) is 16.6 Å². The van der Waals surface area contributed by atoms with Crippen molar-refractivity contribution in [2.75, 3.05) is 5.43 Å². The molecular weight excluding hydrogens is 318 g/mol. The van der Waals surface area contributed by atoms with Gasteiger partial charge in [0.2, 0.25) is 0 Å². The molecule has 0 aliphatic rings. The number of halogens is 1. The van der Waals surface area contributed by atoms with Crippen molar-refractivity contribution < 1.29 is 4.92 Å². The molecule has 2 aromatic carbocycles. The highest BCUT2D eigenvalue weighted by Gasteiger charge is 2.10. The fourth-order valence-electron chi connectivity index (χ4n) is 1.98.